The third kappa shape index (κ3) is 9.35. The lowest BCUT2D eigenvalue weighted by molar-refractivity contribution is 0.0487. The van der Waals surface area contributed by atoms with E-state index in [-0.39, 0.29) is 12.4 Å². The molecule has 0 aliphatic heterocycles. The number of unbranched alkanes of at least 4 members (excludes halogenated alkanes) is 1. The molecule has 26 heavy (non-hydrogen) atoms. The third-order valence-corrected chi connectivity index (χ3v) is 3.48. The molecule has 0 atom stereocenters. The van der Waals surface area contributed by atoms with Gasteiger partial charge in [-0.1, -0.05) is 13.3 Å². The van der Waals surface area contributed by atoms with Crippen LogP contribution in [-0.4, -0.2) is 45.5 Å². The van der Waals surface area contributed by atoms with Gasteiger partial charge in [0.15, 0.2) is 5.96 Å². The Balaban J connectivity index is 2.34. The Morgan fingerprint density at radius 3 is 2.62 bits per heavy atom. The highest BCUT2D eigenvalue weighted by Crippen LogP contribution is 2.11. The van der Waals surface area contributed by atoms with E-state index in [0.29, 0.717) is 50.0 Å². The molecular weight excluding hydrogens is 335 g/mol. The van der Waals surface area contributed by atoms with Gasteiger partial charge in [-0.15, -0.1) is 0 Å². The van der Waals surface area contributed by atoms with Crippen LogP contribution in [0.1, 0.15) is 37.8 Å². The van der Waals surface area contributed by atoms with E-state index >= 15 is 0 Å². The molecule has 0 amide bonds. The topological polar surface area (TPSA) is 78.7 Å². The van der Waals surface area contributed by atoms with Gasteiger partial charge in [-0.3, -0.25) is 0 Å². The number of aliphatic imine (C=N–C) groups is 1. The molecule has 1 rings (SSSR count). The number of ether oxygens (including phenoxy) is 2. The molecular formula is C19H29FN4O2. The molecule has 0 radical (unpaired) electrons. The van der Waals surface area contributed by atoms with E-state index in [1.807, 2.05) is 13.0 Å². The first-order valence-corrected chi connectivity index (χ1v) is 9.07. The smallest absolute Gasteiger partial charge is 0.191 e. The Hall–Kier alpha value is -2.17. The summed E-state index contributed by atoms with van der Waals surface area (Å²) in [6, 6.07) is 6.27. The molecule has 0 aliphatic rings. The van der Waals surface area contributed by atoms with Gasteiger partial charge in [-0.25, -0.2) is 9.38 Å². The zero-order valence-corrected chi connectivity index (χ0v) is 15.7. The third-order valence-electron chi connectivity index (χ3n) is 3.48. The van der Waals surface area contributed by atoms with Crippen molar-refractivity contribution in [2.45, 2.75) is 33.2 Å². The molecule has 0 spiro atoms. The Bertz CT molecular complexity index is 587. The quantitative estimate of drug-likeness (QED) is 0.339. The summed E-state index contributed by atoms with van der Waals surface area (Å²) in [5.74, 6) is 0.215. The van der Waals surface area contributed by atoms with Crippen LogP contribution in [0.2, 0.25) is 0 Å². The van der Waals surface area contributed by atoms with Gasteiger partial charge < -0.3 is 20.1 Å². The molecule has 1 aromatic rings. The maximum Gasteiger partial charge on any atom is 0.191 e. The van der Waals surface area contributed by atoms with Crippen molar-refractivity contribution in [2.24, 2.45) is 4.99 Å². The van der Waals surface area contributed by atoms with E-state index in [9.17, 15) is 4.39 Å². The molecule has 1 aromatic carbocycles. The molecule has 144 valence electrons. The van der Waals surface area contributed by atoms with Gasteiger partial charge in [0.1, 0.15) is 5.82 Å². The predicted octanol–water partition coefficient (Wildman–Crippen LogP) is 2.59. The van der Waals surface area contributed by atoms with Crippen molar-refractivity contribution in [1.82, 2.24) is 10.6 Å². The Morgan fingerprint density at radius 2 is 1.92 bits per heavy atom. The highest BCUT2D eigenvalue weighted by Gasteiger charge is 2.04. The summed E-state index contributed by atoms with van der Waals surface area (Å²) in [6.07, 6.45) is 2.20. The molecule has 6 nitrogen and oxygen atoms in total. The first kappa shape index (κ1) is 21.9. The number of hydrogen-bond donors (Lipinski definition) is 2. The first-order chi connectivity index (χ1) is 12.7. The second-order valence-electron chi connectivity index (χ2n) is 5.62. The highest BCUT2D eigenvalue weighted by molar-refractivity contribution is 5.79. The Kier molecular flexibility index (Phi) is 11.8. The SMILES string of the molecule is CCCCOCCOCCNC(=NCc1cc(C#N)ccc1F)NCC. The lowest BCUT2D eigenvalue weighted by Crippen LogP contribution is -2.39. The Morgan fingerprint density at radius 1 is 1.15 bits per heavy atom. The minimum absolute atomic E-state index is 0.156. The van der Waals surface area contributed by atoms with Crippen LogP contribution in [0.4, 0.5) is 4.39 Å². The lowest BCUT2D eigenvalue weighted by atomic mass is 10.1. The molecule has 0 heterocycles. The van der Waals surface area contributed by atoms with E-state index in [0.717, 1.165) is 19.4 Å². The minimum atomic E-state index is -0.366. The zero-order valence-electron chi connectivity index (χ0n) is 15.7. The second kappa shape index (κ2) is 14.0. The average Bonchev–Trinajstić information content (AvgIpc) is 2.65. The standard InChI is InChI=1S/C19H29FN4O2/c1-3-5-9-25-11-12-26-10-8-23-19(22-4-2)24-15-17-13-16(14-21)6-7-18(17)20/h6-7,13H,3-5,8-12,15H2,1-2H3,(H2,22,23,24). The minimum Gasteiger partial charge on any atom is -0.379 e. The van der Waals surface area contributed by atoms with Crippen molar-refractivity contribution in [1.29, 1.82) is 5.26 Å². The molecule has 7 heteroatoms. The molecule has 0 saturated carbocycles. The summed E-state index contributed by atoms with van der Waals surface area (Å²) in [4.78, 5) is 4.35. The molecule has 0 unspecified atom stereocenters. The van der Waals surface area contributed by atoms with Crippen LogP contribution in [0.25, 0.3) is 0 Å². The number of benzene rings is 1. The Labute approximate surface area is 155 Å². The molecule has 0 aliphatic carbocycles. The highest BCUT2D eigenvalue weighted by atomic mass is 19.1. The van der Waals surface area contributed by atoms with Crippen LogP contribution in [0.3, 0.4) is 0 Å². The summed E-state index contributed by atoms with van der Waals surface area (Å²) in [5.41, 5.74) is 0.811. The monoisotopic (exact) mass is 364 g/mol. The number of guanidine groups is 1. The van der Waals surface area contributed by atoms with Crippen molar-refractivity contribution in [3.8, 4) is 6.07 Å². The first-order valence-electron chi connectivity index (χ1n) is 9.07. The van der Waals surface area contributed by atoms with Crippen molar-refractivity contribution in [3.63, 3.8) is 0 Å². The number of nitrogens with one attached hydrogen (secondary N) is 2. The van der Waals surface area contributed by atoms with Crippen molar-refractivity contribution in [2.75, 3.05) is 39.5 Å². The maximum absolute atomic E-state index is 13.8. The zero-order chi connectivity index (χ0) is 19.0. The van der Waals surface area contributed by atoms with Crippen LogP contribution in [-0.2, 0) is 16.0 Å². The normalized spacial score (nSPS) is 11.2. The van der Waals surface area contributed by atoms with Crippen molar-refractivity contribution >= 4 is 5.96 Å². The number of nitrogens with zero attached hydrogens (tertiary/aromatic N) is 2. The van der Waals surface area contributed by atoms with Crippen LogP contribution < -0.4 is 10.6 Å². The fourth-order valence-electron chi connectivity index (χ4n) is 2.08. The van der Waals surface area contributed by atoms with E-state index < -0.39 is 0 Å². The van der Waals surface area contributed by atoms with E-state index in [1.165, 1.54) is 18.2 Å². The van der Waals surface area contributed by atoms with Crippen LogP contribution >= 0.6 is 0 Å². The second-order valence-corrected chi connectivity index (χ2v) is 5.62. The summed E-state index contributed by atoms with van der Waals surface area (Å²) in [5, 5.41) is 15.1. The van der Waals surface area contributed by atoms with E-state index in [2.05, 4.69) is 22.5 Å². The van der Waals surface area contributed by atoms with Gasteiger partial charge in [0, 0.05) is 25.3 Å². The van der Waals surface area contributed by atoms with E-state index in [1.54, 1.807) is 0 Å². The van der Waals surface area contributed by atoms with Gasteiger partial charge in [0.2, 0.25) is 0 Å². The lowest BCUT2D eigenvalue weighted by Gasteiger charge is -2.12. The fraction of sp³-hybridized carbons (Fsp3) is 0.579. The van der Waals surface area contributed by atoms with Gasteiger partial charge in [-0.2, -0.15) is 5.26 Å². The van der Waals surface area contributed by atoms with Gasteiger partial charge in [-0.05, 0) is 31.5 Å². The van der Waals surface area contributed by atoms with Crippen LogP contribution in [0.5, 0.6) is 0 Å². The van der Waals surface area contributed by atoms with Crippen LogP contribution in [0, 0.1) is 17.1 Å². The number of rotatable bonds is 12. The number of hydrogen-bond acceptors (Lipinski definition) is 4. The summed E-state index contributed by atoms with van der Waals surface area (Å²) in [7, 11) is 0. The maximum atomic E-state index is 13.8. The number of halogens is 1. The number of nitriles is 1. The fourth-order valence-corrected chi connectivity index (χ4v) is 2.08. The van der Waals surface area contributed by atoms with Crippen molar-refractivity contribution < 1.29 is 13.9 Å². The molecule has 0 fully saturated rings. The van der Waals surface area contributed by atoms with Gasteiger partial charge >= 0.3 is 0 Å². The van der Waals surface area contributed by atoms with Gasteiger partial charge in [0.25, 0.3) is 0 Å². The summed E-state index contributed by atoms with van der Waals surface area (Å²) < 4.78 is 24.7. The van der Waals surface area contributed by atoms with Crippen LogP contribution in [0.15, 0.2) is 23.2 Å². The average molecular weight is 364 g/mol. The summed E-state index contributed by atoms with van der Waals surface area (Å²) >= 11 is 0. The molecule has 0 bridgehead atoms. The van der Waals surface area contributed by atoms with Crippen molar-refractivity contribution in [3.05, 3.63) is 35.1 Å². The molecule has 0 aromatic heterocycles. The summed E-state index contributed by atoms with van der Waals surface area (Å²) in [6.45, 7) is 7.98. The predicted molar refractivity (Wildman–Crippen MR) is 100 cm³/mol. The van der Waals surface area contributed by atoms with Gasteiger partial charge in [0.05, 0.1) is 38.0 Å². The molecule has 0 saturated heterocycles. The van der Waals surface area contributed by atoms with E-state index in [4.69, 9.17) is 14.7 Å². The molecule has 2 N–H and O–H groups in total. The largest absolute Gasteiger partial charge is 0.379 e.